The van der Waals surface area contributed by atoms with Gasteiger partial charge in [-0.3, -0.25) is 0 Å². The van der Waals surface area contributed by atoms with Crippen molar-refractivity contribution in [3.05, 3.63) is 15.6 Å². The zero-order valence-electron chi connectivity index (χ0n) is 8.90. The molecule has 2 bridgehead atoms. The number of thiazole rings is 1. The third-order valence-electron chi connectivity index (χ3n) is 3.52. The lowest BCUT2D eigenvalue weighted by atomic mass is 9.90. The molecule has 82 valence electrons. The Morgan fingerprint density at radius 2 is 2.40 bits per heavy atom. The maximum absolute atomic E-state index is 5.86. The molecule has 0 spiro atoms. The number of nitrogens with zero attached hydrogens (tertiary/aromatic N) is 1. The van der Waals surface area contributed by atoms with Crippen LogP contribution < -0.4 is 5.73 Å². The van der Waals surface area contributed by atoms with E-state index in [0.29, 0.717) is 24.7 Å². The predicted octanol–water partition coefficient (Wildman–Crippen LogP) is 1.95. The molecule has 0 amide bonds. The molecule has 3 rings (SSSR count). The second kappa shape index (κ2) is 3.54. The Hall–Kier alpha value is -0.450. The first-order chi connectivity index (χ1) is 7.28. The number of fused-ring (bicyclic) bond motifs is 2. The molecule has 2 fully saturated rings. The third kappa shape index (κ3) is 1.51. The van der Waals surface area contributed by atoms with Gasteiger partial charge in [-0.05, 0) is 26.2 Å². The molecule has 0 radical (unpaired) electrons. The van der Waals surface area contributed by atoms with Crippen LogP contribution in [0.1, 0.15) is 40.8 Å². The van der Waals surface area contributed by atoms with Crippen molar-refractivity contribution in [1.82, 2.24) is 4.98 Å². The lowest BCUT2D eigenvalue weighted by Crippen LogP contribution is -2.13. The summed E-state index contributed by atoms with van der Waals surface area (Å²) in [6, 6.07) is 0. The summed E-state index contributed by atoms with van der Waals surface area (Å²) in [5.74, 6) is 0.549. The van der Waals surface area contributed by atoms with Crippen LogP contribution in [0.4, 0.5) is 0 Å². The van der Waals surface area contributed by atoms with Crippen LogP contribution in [0.2, 0.25) is 0 Å². The molecular weight excluding hydrogens is 208 g/mol. The van der Waals surface area contributed by atoms with Crippen LogP contribution in [0.3, 0.4) is 0 Å². The maximum atomic E-state index is 5.86. The van der Waals surface area contributed by atoms with Crippen LogP contribution in [-0.4, -0.2) is 17.2 Å². The number of rotatable bonds is 2. The largest absolute Gasteiger partial charge is 0.374 e. The van der Waals surface area contributed by atoms with Crippen LogP contribution in [0, 0.1) is 6.92 Å². The van der Waals surface area contributed by atoms with Crippen LogP contribution in [0.5, 0.6) is 0 Å². The molecular formula is C11H16N2OS. The van der Waals surface area contributed by atoms with Gasteiger partial charge in [0.2, 0.25) is 0 Å². The van der Waals surface area contributed by atoms with Gasteiger partial charge in [-0.15, -0.1) is 11.3 Å². The van der Waals surface area contributed by atoms with Gasteiger partial charge in [0.05, 0.1) is 22.9 Å². The second-order valence-electron chi connectivity index (χ2n) is 4.48. The highest BCUT2D eigenvalue weighted by atomic mass is 32.1. The average Bonchev–Trinajstić information content (AvgIpc) is 2.90. The van der Waals surface area contributed by atoms with Crippen molar-refractivity contribution in [3.8, 4) is 0 Å². The minimum Gasteiger partial charge on any atom is -0.374 e. The molecule has 0 aromatic carbocycles. The second-order valence-corrected chi connectivity index (χ2v) is 5.60. The van der Waals surface area contributed by atoms with Gasteiger partial charge in [-0.25, -0.2) is 4.98 Å². The minimum absolute atomic E-state index is 0.436. The summed E-state index contributed by atoms with van der Waals surface area (Å²) in [7, 11) is 0. The number of ether oxygens (including phenoxy) is 1. The summed E-state index contributed by atoms with van der Waals surface area (Å²) in [4.78, 5) is 5.87. The molecule has 0 aliphatic carbocycles. The topological polar surface area (TPSA) is 48.1 Å². The smallest absolute Gasteiger partial charge is 0.0989 e. The SMILES string of the molecule is Cc1nc(C2CC3CCC2O3)sc1CN. The first-order valence-electron chi connectivity index (χ1n) is 5.59. The molecule has 2 aliphatic heterocycles. The molecule has 3 heterocycles. The average molecular weight is 224 g/mol. The van der Waals surface area contributed by atoms with Crippen molar-refractivity contribution in [2.45, 2.75) is 50.9 Å². The van der Waals surface area contributed by atoms with Crippen molar-refractivity contribution < 1.29 is 4.74 Å². The Kier molecular flexibility index (Phi) is 2.30. The highest BCUT2D eigenvalue weighted by Gasteiger charge is 2.42. The van der Waals surface area contributed by atoms with Crippen molar-refractivity contribution >= 4 is 11.3 Å². The zero-order valence-corrected chi connectivity index (χ0v) is 9.72. The fourth-order valence-corrected chi connectivity index (χ4v) is 3.81. The monoisotopic (exact) mass is 224 g/mol. The summed E-state index contributed by atoms with van der Waals surface area (Å²) in [5, 5.41) is 1.25. The van der Waals surface area contributed by atoms with E-state index in [4.69, 9.17) is 10.5 Å². The van der Waals surface area contributed by atoms with E-state index in [1.165, 1.54) is 29.1 Å². The molecule has 3 unspecified atom stereocenters. The number of nitrogens with two attached hydrogens (primary N) is 1. The van der Waals surface area contributed by atoms with E-state index in [2.05, 4.69) is 11.9 Å². The summed E-state index contributed by atoms with van der Waals surface area (Å²) >= 11 is 1.78. The van der Waals surface area contributed by atoms with Gasteiger partial charge >= 0.3 is 0 Å². The fourth-order valence-electron chi connectivity index (χ4n) is 2.70. The Bertz CT molecular complexity index is 377. The standard InChI is InChI=1S/C11H16N2OS/c1-6-10(5-12)15-11(13-6)8-4-7-2-3-9(8)14-7/h7-9H,2-5,12H2,1H3. The molecule has 3 nitrogen and oxygen atoms in total. The number of hydrogen-bond acceptors (Lipinski definition) is 4. The van der Waals surface area contributed by atoms with E-state index in [1.54, 1.807) is 11.3 Å². The van der Waals surface area contributed by atoms with Crippen LogP contribution in [0.25, 0.3) is 0 Å². The molecule has 2 saturated heterocycles. The quantitative estimate of drug-likeness (QED) is 0.835. The number of aryl methyl sites for hydroxylation is 1. The first kappa shape index (κ1) is 9.75. The van der Waals surface area contributed by atoms with Crippen molar-refractivity contribution in [2.24, 2.45) is 5.73 Å². The Labute approximate surface area is 93.7 Å². The minimum atomic E-state index is 0.436. The van der Waals surface area contributed by atoms with Gasteiger partial charge in [0.15, 0.2) is 0 Å². The molecule has 15 heavy (non-hydrogen) atoms. The van der Waals surface area contributed by atoms with E-state index in [-0.39, 0.29) is 0 Å². The highest BCUT2D eigenvalue weighted by Crippen LogP contribution is 2.45. The third-order valence-corrected chi connectivity index (χ3v) is 4.83. The van der Waals surface area contributed by atoms with E-state index in [1.807, 2.05) is 0 Å². The van der Waals surface area contributed by atoms with E-state index < -0.39 is 0 Å². The Morgan fingerprint density at radius 3 is 2.93 bits per heavy atom. The summed E-state index contributed by atoms with van der Waals surface area (Å²) in [6.07, 6.45) is 4.57. The summed E-state index contributed by atoms with van der Waals surface area (Å²) in [5.41, 5.74) is 6.79. The summed E-state index contributed by atoms with van der Waals surface area (Å²) in [6.45, 7) is 2.67. The van der Waals surface area contributed by atoms with E-state index in [0.717, 1.165) is 5.69 Å². The molecule has 1 aromatic rings. The number of hydrogen-bond donors (Lipinski definition) is 1. The van der Waals surface area contributed by atoms with Gasteiger partial charge in [-0.2, -0.15) is 0 Å². The molecule has 0 saturated carbocycles. The lowest BCUT2D eigenvalue weighted by molar-refractivity contribution is 0.101. The molecule has 3 atom stereocenters. The van der Waals surface area contributed by atoms with Crippen LogP contribution in [0.15, 0.2) is 0 Å². The van der Waals surface area contributed by atoms with Crippen molar-refractivity contribution in [3.63, 3.8) is 0 Å². The number of aromatic nitrogens is 1. The van der Waals surface area contributed by atoms with Gasteiger partial charge in [0, 0.05) is 17.3 Å². The van der Waals surface area contributed by atoms with Crippen molar-refractivity contribution in [2.75, 3.05) is 0 Å². The lowest BCUT2D eigenvalue weighted by Gasteiger charge is -2.15. The Morgan fingerprint density at radius 1 is 1.53 bits per heavy atom. The van der Waals surface area contributed by atoms with E-state index >= 15 is 0 Å². The fraction of sp³-hybridized carbons (Fsp3) is 0.727. The van der Waals surface area contributed by atoms with Gasteiger partial charge in [-0.1, -0.05) is 0 Å². The van der Waals surface area contributed by atoms with Crippen LogP contribution in [-0.2, 0) is 11.3 Å². The van der Waals surface area contributed by atoms with Gasteiger partial charge in [0.1, 0.15) is 0 Å². The first-order valence-corrected chi connectivity index (χ1v) is 6.41. The molecule has 1 aromatic heterocycles. The highest BCUT2D eigenvalue weighted by molar-refractivity contribution is 7.11. The zero-order chi connectivity index (χ0) is 10.4. The van der Waals surface area contributed by atoms with Gasteiger partial charge < -0.3 is 10.5 Å². The normalized spacial score (nSPS) is 33.9. The maximum Gasteiger partial charge on any atom is 0.0989 e. The van der Waals surface area contributed by atoms with Gasteiger partial charge in [0.25, 0.3) is 0 Å². The molecule has 2 aliphatic rings. The molecule has 4 heteroatoms. The summed E-state index contributed by atoms with van der Waals surface area (Å²) < 4.78 is 5.86. The molecule has 2 N–H and O–H groups in total. The Balaban J connectivity index is 1.87. The predicted molar refractivity (Wildman–Crippen MR) is 60.0 cm³/mol. The van der Waals surface area contributed by atoms with E-state index in [9.17, 15) is 0 Å². The van der Waals surface area contributed by atoms with Crippen LogP contribution >= 0.6 is 11.3 Å². The van der Waals surface area contributed by atoms with Crippen molar-refractivity contribution in [1.29, 1.82) is 0 Å².